The summed E-state index contributed by atoms with van der Waals surface area (Å²) < 4.78 is 11.8. The molecule has 0 amide bonds. The summed E-state index contributed by atoms with van der Waals surface area (Å²) in [5, 5.41) is 17.6. The van der Waals surface area contributed by atoms with Gasteiger partial charge in [-0.3, -0.25) is 10.1 Å². The van der Waals surface area contributed by atoms with Crippen molar-refractivity contribution in [3.05, 3.63) is 96.3 Å². The molecule has 4 N–H and O–H groups in total. The van der Waals surface area contributed by atoms with Crippen LogP contribution in [0.5, 0.6) is 23.0 Å². The van der Waals surface area contributed by atoms with E-state index in [0.29, 0.717) is 34.1 Å². The zero-order chi connectivity index (χ0) is 23.8. The third kappa shape index (κ3) is 5.63. The zero-order valence-corrected chi connectivity index (χ0v) is 18.8. The number of phenols is 1. The van der Waals surface area contributed by atoms with E-state index in [1.807, 2.05) is 54.6 Å². The molecule has 0 saturated heterocycles. The van der Waals surface area contributed by atoms with Gasteiger partial charge in [0.2, 0.25) is 0 Å². The van der Waals surface area contributed by atoms with Crippen molar-refractivity contribution in [1.82, 2.24) is 10.2 Å². The minimum atomic E-state index is 0.0316. The molecule has 0 radical (unpaired) electrons. The van der Waals surface area contributed by atoms with E-state index in [0.717, 1.165) is 12.1 Å². The highest BCUT2D eigenvalue weighted by atomic mass is 16.5. The standard InChI is InChI=1S/C27H26N4O3/c1-2-19-8-10-22(11-9-19)34-26-17-30-31-27(26)24-13-12-23(14-25(24)32)33-18-20(15-28)16-29-21-6-4-3-5-7-21/h3-17,32H,2,18,28H2,1H3,(H,30,31). The second-order valence-electron chi connectivity index (χ2n) is 7.51. The Labute approximate surface area is 198 Å². The number of hydrogen-bond acceptors (Lipinski definition) is 6. The van der Waals surface area contributed by atoms with E-state index in [2.05, 4.69) is 22.1 Å². The summed E-state index contributed by atoms with van der Waals surface area (Å²) in [5.41, 5.74) is 9.58. The number of nitrogens with zero attached hydrogens (tertiary/aromatic N) is 2. The van der Waals surface area contributed by atoms with Gasteiger partial charge in [-0.15, -0.1) is 0 Å². The van der Waals surface area contributed by atoms with Gasteiger partial charge in [0, 0.05) is 29.6 Å². The number of aromatic nitrogens is 2. The lowest BCUT2D eigenvalue weighted by Gasteiger charge is -2.11. The van der Waals surface area contributed by atoms with Crippen LogP contribution in [-0.2, 0) is 6.42 Å². The number of aromatic hydroxyl groups is 1. The quantitative estimate of drug-likeness (QED) is 0.279. The van der Waals surface area contributed by atoms with E-state index in [1.54, 1.807) is 30.6 Å². The summed E-state index contributed by atoms with van der Waals surface area (Å²) in [4.78, 5) is 4.38. The smallest absolute Gasteiger partial charge is 0.173 e. The predicted molar refractivity (Wildman–Crippen MR) is 134 cm³/mol. The number of aromatic amines is 1. The summed E-state index contributed by atoms with van der Waals surface area (Å²) in [5.74, 6) is 1.73. The number of nitrogens with two attached hydrogens (primary N) is 1. The first-order chi connectivity index (χ1) is 16.7. The fourth-order valence-corrected chi connectivity index (χ4v) is 3.24. The third-order valence-corrected chi connectivity index (χ3v) is 5.16. The van der Waals surface area contributed by atoms with Crippen LogP contribution in [0.15, 0.2) is 95.8 Å². The lowest BCUT2D eigenvalue weighted by molar-refractivity contribution is 0.355. The summed E-state index contributed by atoms with van der Waals surface area (Å²) in [6.45, 7) is 2.31. The van der Waals surface area contributed by atoms with Crippen molar-refractivity contribution in [3.8, 4) is 34.3 Å². The number of para-hydroxylation sites is 1. The maximum atomic E-state index is 10.6. The number of aliphatic imine (C=N–C) groups is 1. The highest BCUT2D eigenvalue weighted by molar-refractivity contribution is 5.81. The number of nitrogens with one attached hydrogen (secondary N) is 1. The SMILES string of the molecule is CCc1ccc(Oc2cn[nH]c2-c2ccc(OCC(C=Nc3ccccc3)=CN)cc2O)cc1. The average Bonchev–Trinajstić information content (AvgIpc) is 3.33. The van der Waals surface area contributed by atoms with Gasteiger partial charge in [-0.25, -0.2) is 0 Å². The molecule has 4 aromatic rings. The first-order valence-corrected chi connectivity index (χ1v) is 10.9. The van der Waals surface area contributed by atoms with E-state index in [9.17, 15) is 5.11 Å². The highest BCUT2D eigenvalue weighted by Gasteiger charge is 2.15. The molecule has 0 saturated carbocycles. The molecular weight excluding hydrogens is 428 g/mol. The van der Waals surface area contributed by atoms with Crippen LogP contribution in [-0.4, -0.2) is 28.1 Å². The van der Waals surface area contributed by atoms with Crippen LogP contribution in [0.25, 0.3) is 11.3 Å². The Hall–Kier alpha value is -4.52. The third-order valence-electron chi connectivity index (χ3n) is 5.16. The summed E-state index contributed by atoms with van der Waals surface area (Å²) in [7, 11) is 0. The van der Waals surface area contributed by atoms with Crippen molar-refractivity contribution in [2.45, 2.75) is 13.3 Å². The van der Waals surface area contributed by atoms with Crippen molar-refractivity contribution >= 4 is 11.9 Å². The maximum absolute atomic E-state index is 10.6. The number of hydrogen-bond donors (Lipinski definition) is 3. The molecule has 34 heavy (non-hydrogen) atoms. The molecule has 0 aliphatic rings. The molecule has 0 aliphatic carbocycles. The Morgan fingerprint density at radius 2 is 1.82 bits per heavy atom. The number of benzene rings is 3. The first-order valence-electron chi connectivity index (χ1n) is 10.9. The minimum absolute atomic E-state index is 0.0316. The number of H-pyrrole nitrogens is 1. The van der Waals surface area contributed by atoms with Gasteiger partial charge in [0.1, 0.15) is 29.5 Å². The first kappa shape index (κ1) is 22.7. The zero-order valence-electron chi connectivity index (χ0n) is 18.8. The van der Waals surface area contributed by atoms with Crippen molar-refractivity contribution in [1.29, 1.82) is 0 Å². The number of phenolic OH excluding ortho intramolecular Hbond substituents is 1. The average molecular weight is 455 g/mol. The van der Waals surface area contributed by atoms with Gasteiger partial charge < -0.3 is 20.3 Å². The van der Waals surface area contributed by atoms with Crippen LogP contribution >= 0.6 is 0 Å². The normalized spacial score (nSPS) is 11.6. The van der Waals surface area contributed by atoms with Crippen LogP contribution in [0.4, 0.5) is 5.69 Å². The molecule has 4 rings (SSSR count). The van der Waals surface area contributed by atoms with Crippen molar-refractivity contribution < 1.29 is 14.6 Å². The lowest BCUT2D eigenvalue weighted by atomic mass is 10.1. The molecular formula is C27H26N4O3. The molecule has 0 unspecified atom stereocenters. The molecule has 0 bridgehead atoms. The van der Waals surface area contributed by atoms with E-state index < -0.39 is 0 Å². The lowest BCUT2D eigenvalue weighted by Crippen LogP contribution is -2.04. The molecule has 0 atom stereocenters. The number of ether oxygens (including phenoxy) is 2. The van der Waals surface area contributed by atoms with Gasteiger partial charge in [0.25, 0.3) is 0 Å². The number of aryl methyl sites for hydroxylation is 1. The Morgan fingerprint density at radius 3 is 2.53 bits per heavy atom. The van der Waals surface area contributed by atoms with E-state index >= 15 is 0 Å². The monoisotopic (exact) mass is 454 g/mol. The molecule has 0 aliphatic heterocycles. The molecule has 3 aromatic carbocycles. The van der Waals surface area contributed by atoms with Crippen molar-refractivity contribution in [2.24, 2.45) is 10.7 Å². The predicted octanol–water partition coefficient (Wildman–Crippen LogP) is 5.76. The summed E-state index contributed by atoms with van der Waals surface area (Å²) in [6, 6.07) is 22.5. The highest BCUT2D eigenvalue weighted by Crippen LogP contribution is 2.38. The van der Waals surface area contributed by atoms with Crippen LogP contribution in [0.2, 0.25) is 0 Å². The molecule has 1 heterocycles. The minimum Gasteiger partial charge on any atom is -0.507 e. The van der Waals surface area contributed by atoms with Crippen molar-refractivity contribution in [3.63, 3.8) is 0 Å². The van der Waals surface area contributed by atoms with Gasteiger partial charge in [-0.1, -0.05) is 37.3 Å². The Bertz CT molecular complexity index is 1280. The number of rotatable bonds is 9. The molecule has 7 nitrogen and oxygen atoms in total. The molecule has 0 spiro atoms. The largest absolute Gasteiger partial charge is 0.507 e. The Morgan fingerprint density at radius 1 is 1.06 bits per heavy atom. The second-order valence-corrected chi connectivity index (χ2v) is 7.51. The fourth-order valence-electron chi connectivity index (χ4n) is 3.24. The Balaban J connectivity index is 1.43. The van der Waals surface area contributed by atoms with Gasteiger partial charge in [-0.05, 0) is 48.4 Å². The molecule has 172 valence electrons. The van der Waals surface area contributed by atoms with Gasteiger partial charge in [0.05, 0.1) is 11.9 Å². The van der Waals surface area contributed by atoms with Crippen LogP contribution in [0.3, 0.4) is 0 Å². The molecule has 1 aromatic heterocycles. The van der Waals surface area contributed by atoms with Gasteiger partial charge in [0.15, 0.2) is 5.75 Å². The van der Waals surface area contributed by atoms with Crippen LogP contribution in [0, 0.1) is 0 Å². The van der Waals surface area contributed by atoms with Crippen molar-refractivity contribution in [2.75, 3.05) is 6.61 Å². The van der Waals surface area contributed by atoms with E-state index in [4.69, 9.17) is 15.2 Å². The molecule has 7 heteroatoms. The van der Waals surface area contributed by atoms with E-state index in [-0.39, 0.29) is 12.4 Å². The van der Waals surface area contributed by atoms with Gasteiger partial charge >= 0.3 is 0 Å². The Kier molecular flexibility index (Phi) is 7.25. The summed E-state index contributed by atoms with van der Waals surface area (Å²) >= 11 is 0. The molecule has 0 fully saturated rings. The fraction of sp³-hybridized carbons (Fsp3) is 0.111. The second kappa shape index (κ2) is 10.9. The maximum Gasteiger partial charge on any atom is 0.173 e. The van der Waals surface area contributed by atoms with Gasteiger partial charge in [-0.2, -0.15) is 5.10 Å². The van der Waals surface area contributed by atoms with E-state index in [1.165, 1.54) is 11.8 Å². The van der Waals surface area contributed by atoms with Crippen LogP contribution < -0.4 is 15.2 Å². The summed E-state index contributed by atoms with van der Waals surface area (Å²) in [6.07, 6.45) is 5.64. The topological polar surface area (TPSA) is 106 Å². The van der Waals surface area contributed by atoms with Crippen LogP contribution in [0.1, 0.15) is 12.5 Å².